The normalized spacial score (nSPS) is 29.5. The van der Waals surface area contributed by atoms with Gasteiger partial charge in [-0.05, 0) is 55.0 Å². The fraction of sp³-hybridized carbons (Fsp3) is 0.433. The number of nitrogens with one attached hydrogen (secondary N) is 2. The lowest BCUT2D eigenvalue weighted by Gasteiger charge is -2.34. The van der Waals surface area contributed by atoms with Crippen molar-refractivity contribution in [3.05, 3.63) is 71.3 Å². The summed E-state index contributed by atoms with van der Waals surface area (Å²) in [6, 6.07) is 14.1. The smallest absolute Gasteiger partial charge is 0.246 e. The third-order valence-corrected chi connectivity index (χ3v) is 9.46. The summed E-state index contributed by atoms with van der Waals surface area (Å²) >= 11 is 7.68. The first kappa shape index (κ1) is 26.4. The number of benzene rings is 2. The molecule has 0 aromatic heterocycles. The molecule has 1 saturated carbocycles. The van der Waals surface area contributed by atoms with Gasteiger partial charge in [-0.2, -0.15) is 0 Å². The van der Waals surface area contributed by atoms with Crippen molar-refractivity contribution >= 4 is 46.8 Å². The van der Waals surface area contributed by atoms with Gasteiger partial charge in [-0.15, -0.1) is 11.8 Å². The van der Waals surface area contributed by atoms with Crippen molar-refractivity contribution in [3.8, 4) is 0 Å². The molecule has 2 bridgehead atoms. The van der Waals surface area contributed by atoms with Crippen LogP contribution in [0.3, 0.4) is 0 Å². The fourth-order valence-corrected chi connectivity index (χ4v) is 7.26. The van der Waals surface area contributed by atoms with Gasteiger partial charge in [-0.25, -0.2) is 0 Å². The first-order valence-electron chi connectivity index (χ1n) is 13.6. The Balaban J connectivity index is 1.32. The van der Waals surface area contributed by atoms with Crippen LogP contribution in [-0.2, 0) is 25.7 Å². The molecule has 7 nitrogen and oxygen atoms in total. The molecule has 3 aliphatic heterocycles. The molecule has 2 N–H and O–H groups in total. The summed E-state index contributed by atoms with van der Waals surface area (Å²) in [4.78, 5) is 44.4. The highest BCUT2D eigenvalue weighted by molar-refractivity contribution is 7.98. The second-order valence-corrected chi connectivity index (χ2v) is 12.2. The minimum absolute atomic E-state index is 0.0829. The number of carbonyl (C=O) groups is 3. The number of rotatable bonds is 7. The molecule has 4 aliphatic rings. The van der Waals surface area contributed by atoms with Gasteiger partial charge in [-0.3, -0.25) is 14.4 Å². The molecule has 6 rings (SSSR count). The summed E-state index contributed by atoms with van der Waals surface area (Å²) in [5.74, 6) is -2.25. The Morgan fingerprint density at radius 1 is 1.10 bits per heavy atom. The van der Waals surface area contributed by atoms with Crippen LogP contribution in [0.25, 0.3) is 0 Å². The maximum atomic E-state index is 14.1. The lowest BCUT2D eigenvalue weighted by molar-refractivity contribution is -0.142. The number of hydrogen-bond donors (Lipinski definition) is 2. The molecule has 2 aromatic carbocycles. The van der Waals surface area contributed by atoms with Crippen LogP contribution in [0.2, 0.25) is 5.02 Å². The molecule has 2 saturated heterocycles. The number of carbonyl (C=O) groups excluding carboxylic acids is 3. The van der Waals surface area contributed by atoms with Gasteiger partial charge >= 0.3 is 0 Å². The van der Waals surface area contributed by atoms with Crippen molar-refractivity contribution in [2.24, 2.45) is 11.8 Å². The van der Waals surface area contributed by atoms with E-state index in [-0.39, 0.29) is 30.3 Å². The van der Waals surface area contributed by atoms with Crippen LogP contribution < -0.4 is 10.6 Å². The second-order valence-electron chi connectivity index (χ2n) is 10.9. The highest BCUT2D eigenvalue weighted by Crippen LogP contribution is 2.55. The largest absolute Gasteiger partial charge is 0.359 e. The van der Waals surface area contributed by atoms with E-state index < -0.39 is 29.6 Å². The van der Waals surface area contributed by atoms with Crippen LogP contribution in [0.4, 0.5) is 5.69 Å². The minimum atomic E-state index is -1.18. The molecule has 3 heterocycles. The highest BCUT2D eigenvalue weighted by Gasteiger charge is 2.72. The van der Waals surface area contributed by atoms with Gasteiger partial charge < -0.3 is 20.3 Å². The molecule has 1 aliphatic carbocycles. The molecule has 9 heteroatoms. The average molecular weight is 566 g/mol. The van der Waals surface area contributed by atoms with Crippen molar-refractivity contribution in [2.75, 3.05) is 11.6 Å². The highest BCUT2D eigenvalue weighted by atomic mass is 35.5. The Kier molecular flexibility index (Phi) is 7.20. The predicted molar refractivity (Wildman–Crippen MR) is 151 cm³/mol. The monoisotopic (exact) mass is 565 g/mol. The van der Waals surface area contributed by atoms with E-state index in [0.717, 1.165) is 36.1 Å². The molecule has 3 unspecified atom stereocenters. The Morgan fingerprint density at radius 2 is 1.87 bits per heavy atom. The Morgan fingerprint density at radius 3 is 2.62 bits per heavy atom. The summed E-state index contributed by atoms with van der Waals surface area (Å²) in [5, 5.41) is 6.82. The standard InChI is InChI=1S/C30H32ClN3O4S/c1-39-22-9-5-8-21(16-22)33-27(35)24-23-14-15-30(38-23)25(24)29(37)34(17-18-10-12-19(31)13-11-18)26(30)28(36)32-20-6-3-2-4-7-20/h5,8-16,20,23-26H,2-4,6-7,17H2,1H3,(H,32,36)(H,33,35)/t23-,24?,25-,26?,30?/m0/s1. The van der Waals surface area contributed by atoms with Gasteiger partial charge in [0, 0.05) is 28.2 Å². The van der Waals surface area contributed by atoms with Crippen molar-refractivity contribution in [3.63, 3.8) is 0 Å². The maximum absolute atomic E-state index is 14.1. The van der Waals surface area contributed by atoms with Crippen LogP contribution in [0.15, 0.2) is 65.6 Å². The first-order chi connectivity index (χ1) is 18.9. The second kappa shape index (κ2) is 10.6. The zero-order valence-corrected chi connectivity index (χ0v) is 23.3. The van der Waals surface area contributed by atoms with E-state index in [2.05, 4.69) is 10.6 Å². The van der Waals surface area contributed by atoms with Gasteiger partial charge in [0.2, 0.25) is 17.7 Å². The van der Waals surface area contributed by atoms with Gasteiger partial charge in [0.1, 0.15) is 11.6 Å². The fourth-order valence-electron chi connectivity index (χ4n) is 6.68. The molecule has 204 valence electrons. The van der Waals surface area contributed by atoms with E-state index in [0.29, 0.717) is 10.7 Å². The molecule has 39 heavy (non-hydrogen) atoms. The first-order valence-corrected chi connectivity index (χ1v) is 15.2. The van der Waals surface area contributed by atoms with Crippen molar-refractivity contribution < 1.29 is 19.1 Å². The number of hydrogen-bond acceptors (Lipinski definition) is 5. The van der Waals surface area contributed by atoms with Gasteiger partial charge in [-0.1, -0.05) is 61.2 Å². The number of ether oxygens (including phenoxy) is 1. The van der Waals surface area contributed by atoms with E-state index >= 15 is 0 Å². The number of halogens is 1. The van der Waals surface area contributed by atoms with E-state index in [1.807, 2.05) is 54.8 Å². The number of anilines is 1. The van der Waals surface area contributed by atoms with Crippen molar-refractivity contribution in [2.45, 2.75) is 67.3 Å². The average Bonchev–Trinajstić information content (AvgIpc) is 3.58. The summed E-state index contributed by atoms with van der Waals surface area (Å²) in [6.07, 6.45) is 10.3. The zero-order valence-electron chi connectivity index (χ0n) is 21.8. The quantitative estimate of drug-likeness (QED) is 0.372. The lowest BCUT2D eigenvalue weighted by Crippen LogP contribution is -2.56. The molecule has 1 spiro atoms. The van der Waals surface area contributed by atoms with Crippen LogP contribution >= 0.6 is 23.4 Å². The maximum Gasteiger partial charge on any atom is 0.246 e. The predicted octanol–water partition coefficient (Wildman–Crippen LogP) is 4.80. The summed E-state index contributed by atoms with van der Waals surface area (Å²) in [7, 11) is 0. The molecule has 3 fully saturated rings. The molecule has 2 aromatic rings. The SMILES string of the molecule is CSc1cccc(NC(=O)C2[C@@H]3C=CC4(O3)C(C(=O)NC3CCCCC3)N(Cc3ccc(Cl)cc3)C(=O)[C@H]24)c1. The summed E-state index contributed by atoms with van der Waals surface area (Å²) in [6.45, 7) is 0.225. The van der Waals surface area contributed by atoms with Gasteiger partial charge in [0.05, 0.1) is 17.9 Å². The Bertz CT molecular complexity index is 1310. The topological polar surface area (TPSA) is 87.7 Å². The summed E-state index contributed by atoms with van der Waals surface area (Å²) < 4.78 is 6.46. The Hall–Kier alpha value is -2.81. The number of amides is 3. The zero-order chi connectivity index (χ0) is 27.1. The number of likely N-dealkylation sites (tertiary alicyclic amines) is 1. The minimum Gasteiger partial charge on any atom is -0.359 e. The summed E-state index contributed by atoms with van der Waals surface area (Å²) in [5.41, 5.74) is 0.339. The van der Waals surface area contributed by atoms with E-state index in [9.17, 15) is 14.4 Å². The van der Waals surface area contributed by atoms with Crippen molar-refractivity contribution in [1.29, 1.82) is 0 Å². The molecular weight excluding hydrogens is 534 g/mol. The van der Waals surface area contributed by atoms with Crippen LogP contribution in [0.5, 0.6) is 0 Å². The van der Waals surface area contributed by atoms with Crippen LogP contribution in [0, 0.1) is 11.8 Å². The number of thioether (sulfide) groups is 1. The van der Waals surface area contributed by atoms with Crippen LogP contribution in [0.1, 0.15) is 37.7 Å². The van der Waals surface area contributed by atoms with E-state index in [1.165, 1.54) is 6.42 Å². The molecule has 0 radical (unpaired) electrons. The van der Waals surface area contributed by atoms with Crippen LogP contribution in [-0.4, -0.2) is 52.7 Å². The number of nitrogens with zero attached hydrogens (tertiary/aromatic N) is 1. The molecule has 5 atom stereocenters. The molecule has 3 amide bonds. The van der Waals surface area contributed by atoms with Gasteiger partial charge in [0.25, 0.3) is 0 Å². The third-order valence-electron chi connectivity index (χ3n) is 8.48. The Labute approximate surface area is 237 Å². The third kappa shape index (κ3) is 4.77. The lowest BCUT2D eigenvalue weighted by atomic mass is 9.74. The van der Waals surface area contributed by atoms with E-state index in [1.54, 1.807) is 28.8 Å². The van der Waals surface area contributed by atoms with E-state index in [4.69, 9.17) is 16.3 Å². The van der Waals surface area contributed by atoms with Crippen molar-refractivity contribution in [1.82, 2.24) is 10.2 Å². The molecular formula is C30H32ClN3O4S. The number of fused-ring (bicyclic) bond motifs is 1. The van der Waals surface area contributed by atoms with Gasteiger partial charge in [0.15, 0.2) is 0 Å².